The smallest absolute Gasteiger partial charge is 0.351 e. The van der Waals surface area contributed by atoms with Crippen molar-refractivity contribution in [3.8, 4) is 5.69 Å². The Hall–Kier alpha value is -2.58. The zero-order valence-corrected chi connectivity index (χ0v) is 17.9. The van der Waals surface area contributed by atoms with Crippen LogP contribution >= 0.6 is 11.6 Å². The maximum absolute atomic E-state index is 12.8. The third-order valence-corrected chi connectivity index (χ3v) is 5.79. The van der Waals surface area contributed by atoms with Gasteiger partial charge in [-0.2, -0.15) is 9.78 Å². The average molecular weight is 434 g/mol. The summed E-state index contributed by atoms with van der Waals surface area (Å²) in [6, 6.07) is 4.69. The Kier molecular flexibility index (Phi) is 6.67. The molecule has 0 saturated heterocycles. The summed E-state index contributed by atoms with van der Waals surface area (Å²) >= 11 is 6.24. The number of amides is 1. The second-order valence-electron chi connectivity index (χ2n) is 7.97. The van der Waals surface area contributed by atoms with E-state index in [2.05, 4.69) is 17.0 Å². The molecule has 30 heavy (non-hydrogen) atoms. The van der Waals surface area contributed by atoms with Crippen LogP contribution in [0.2, 0.25) is 5.02 Å². The van der Waals surface area contributed by atoms with Crippen LogP contribution in [0.3, 0.4) is 0 Å². The Balaban J connectivity index is 1.82. The Morgan fingerprint density at radius 1 is 1.33 bits per heavy atom. The molecule has 162 valence electrons. The van der Waals surface area contributed by atoms with Crippen molar-refractivity contribution in [2.45, 2.75) is 57.6 Å². The topological polar surface area (TPSA) is 115 Å². The fourth-order valence-electron chi connectivity index (χ4n) is 3.77. The van der Waals surface area contributed by atoms with Crippen molar-refractivity contribution in [3.63, 3.8) is 0 Å². The van der Waals surface area contributed by atoms with Crippen molar-refractivity contribution < 1.29 is 9.90 Å². The molecule has 0 atom stereocenters. The van der Waals surface area contributed by atoms with E-state index in [-0.39, 0.29) is 29.4 Å². The number of nitrogens with zero attached hydrogens (tertiary/aromatic N) is 3. The molecular formula is C21H28ClN5O3. The third-order valence-electron chi connectivity index (χ3n) is 5.46. The minimum absolute atomic E-state index is 0.157. The van der Waals surface area contributed by atoms with Gasteiger partial charge in [0.1, 0.15) is 5.82 Å². The van der Waals surface area contributed by atoms with Crippen LogP contribution in [0.1, 0.15) is 54.7 Å². The van der Waals surface area contributed by atoms with Crippen LogP contribution in [0, 0.1) is 6.92 Å². The van der Waals surface area contributed by atoms with Crippen molar-refractivity contribution in [2.24, 2.45) is 5.73 Å². The summed E-state index contributed by atoms with van der Waals surface area (Å²) in [7, 11) is 0. The predicted molar refractivity (Wildman–Crippen MR) is 116 cm³/mol. The number of aromatic nitrogens is 3. The van der Waals surface area contributed by atoms with Gasteiger partial charge in [-0.05, 0) is 38.0 Å². The van der Waals surface area contributed by atoms with Crippen LogP contribution in [-0.2, 0) is 6.54 Å². The number of carbonyl (C=O) groups excluding carboxylic acids is 1. The highest BCUT2D eigenvalue weighted by molar-refractivity contribution is 6.33. The number of hydrogen-bond acceptors (Lipinski definition) is 5. The second kappa shape index (κ2) is 9.06. The molecule has 1 heterocycles. The molecule has 0 unspecified atom stereocenters. The lowest BCUT2D eigenvalue weighted by molar-refractivity contribution is 0.0246. The molecule has 1 aliphatic rings. The summed E-state index contributed by atoms with van der Waals surface area (Å²) in [6.45, 7) is 5.64. The molecule has 0 bridgehead atoms. The first-order chi connectivity index (χ1) is 14.2. The number of nitrogens with two attached hydrogens (primary N) is 1. The van der Waals surface area contributed by atoms with Gasteiger partial charge in [0.15, 0.2) is 0 Å². The summed E-state index contributed by atoms with van der Waals surface area (Å²) in [4.78, 5) is 25.5. The Labute approximate surface area is 180 Å². The highest BCUT2D eigenvalue weighted by atomic mass is 35.5. The van der Waals surface area contributed by atoms with Gasteiger partial charge in [0.05, 0.1) is 28.4 Å². The number of aryl methyl sites for hydroxylation is 1. The summed E-state index contributed by atoms with van der Waals surface area (Å²) in [5.74, 6) is 0.0715. The van der Waals surface area contributed by atoms with Gasteiger partial charge in [-0.15, -0.1) is 0 Å². The Bertz CT molecular complexity index is 1000. The zero-order chi connectivity index (χ0) is 21.9. The molecule has 0 radical (unpaired) electrons. The fourth-order valence-corrected chi connectivity index (χ4v) is 3.97. The lowest BCUT2D eigenvalue weighted by Crippen LogP contribution is -2.42. The maximum Gasteiger partial charge on any atom is 0.351 e. The number of nitrogens with one attached hydrogen (secondary N) is 1. The molecule has 1 aromatic heterocycles. The normalized spacial score (nSPS) is 16.1. The van der Waals surface area contributed by atoms with Gasteiger partial charge in [-0.1, -0.05) is 43.9 Å². The standard InChI is InChI=1S/C21H28ClN5O3/c1-14(23)12-26-15(2)25-27(20(26)29)16-7-8-18(22)17(11-16)19(28)24-13-21(30)9-5-3-4-6-10-21/h7-8,11,30H,1,3-6,9-10,12-13,23H2,2H3,(H,24,28). The number of rotatable bonds is 6. The van der Waals surface area contributed by atoms with Crippen molar-refractivity contribution >= 4 is 17.5 Å². The molecule has 1 fully saturated rings. The van der Waals surface area contributed by atoms with Crippen LogP contribution in [0.5, 0.6) is 0 Å². The highest BCUT2D eigenvalue weighted by Crippen LogP contribution is 2.27. The van der Waals surface area contributed by atoms with Gasteiger partial charge in [0.25, 0.3) is 5.91 Å². The first-order valence-electron chi connectivity index (χ1n) is 10.1. The van der Waals surface area contributed by atoms with Gasteiger partial charge < -0.3 is 16.2 Å². The summed E-state index contributed by atoms with van der Waals surface area (Å²) in [5, 5.41) is 18.1. The van der Waals surface area contributed by atoms with Crippen molar-refractivity contribution in [2.75, 3.05) is 6.54 Å². The molecule has 1 amide bonds. The van der Waals surface area contributed by atoms with E-state index in [1.165, 1.54) is 15.3 Å². The first-order valence-corrected chi connectivity index (χ1v) is 10.5. The second-order valence-corrected chi connectivity index (χ2v) is 8.38. The van der Waals surface area contributed by atoms with Crippen LogP contribution in [0.4, 0.5) is 0 Å². The first kappa shape index (κ1) is 22.1. The molecule has 1 aliphatic carbocycles. The molecule has 0 aliphatic heterocycles. The molecular weight excluding hydrogens is 406 g/mol. The van der Waals surface area contributed by atoms with E-state index in [0.29, 0.717) is 30.1 Å². The molecule has 2 aromatic rings. The van der Waals surface area contributed by atoms with Crippen LogP contribution in [-0.4, -0.2) is 37.5 Å². The van der Waals surface area contributed by atoms with E-state index in [0.717, 1.165) is 25.7 Å². The summed E-state index contributed by atoms with van der Waals surface area (Å²) < 4.78 is 2.60. The predicted octanol–water partition coefficient (Wildman–Crippen LogP) is 2.28. The van der Waals surface area contributed by atoms with E-state index in [1.807, 2.05) is 0 Å². The lowest BCUT2D eigenvalue weighted by atomic mass is 9.94. The number of hydrogen-bond donors (Lipinski definition) is 3. The van der Waals surface area contributed by atoms with Gasteiger partial charge >= 0.3 is 5.69 Å². The molecule has 9 heteroatoms. The largest absolute Gasteiger partial charge is 0.401 e. The van der Waals surface area contributed by atoms with Crippen molar-refractivity contribution in [1.29, 1.82) is 0 Å². The fraction of sp³-hybridized carbons (Fsp3) is 0.476. The average Bonchev–Trinajstić information content (AvgIpc) is 2.86. The molecule has 0 spiro atoms. The van der Waals surface area contributed by atoms with E-state index >= 15 is 0 Å². The summed E-state index contributed by atoms with van der Waals surface area (Å²) in [5.41, 5.74) is 5.31. The number of allylic oxidation sites excluding steroid dienone is 1. The molecule has 4 N–H and O–H groups in total. The van der Waals surface area contributed by atoms with Crippen LogP contribution in [0.25, 0.3) is 5.69 Å². The van der Waals surface area contributed by atoms with Gasteiger partial charge in [0, 0.05) is 12.2 Å². The monoisotopic (exact) mass is 433 g/mol. The minimum Gasteiger partial charge on any atom is -0.401 e. The van der Waals surface area contributed by atoms with Gasteiger partial charge in [0.2, 0.25) is 0 Å². The minimum atomic E-state index is -0.895. The lowest BCUT2D eigenvalue weighted by Gasteiger charge is -2.26. The maximum atomic E-state index is 12.8. The van der Waals surface area contributed by atoms with E-state index in [4.69, 9.17) is 17.3 Å². The quantitative estimate of drug-likeness (QED) is 0.604. The molecule has 1 saturated carbocycles. The SMILES string of the molecule is C=C(N)Cn1c(C)nn(-c2ccc(Cl)c(C(=O)NCC3(O)CCCCCC3)c2)c1=O. The van der Waals surface area contributed by atoms with E-state index < -0.39 is 11.5 Å². The van der Waals surface area contributed by atoms with Crippen LogP contribution < -0.4 is 16.7 Å². The number of halogens is 1. The summed E-state index contributed by atoms with van der Waals surface area (Å²) in [6.07, 6.45) is 5.43. The van der Waals surface area contributed by atoms with E-state index in [9.17, 15) is 14.7 Å². The number of carbonyl (C=O) groups is 1. The highest BCUT2D eigenvalue weighted by Gasteiger charge is 2.29. The van der Waals surface area contributed by atoms with Crippen molar-refractivity contribution in [3.05, 3.63) is 57.4 Å². The zero-order valence-electron chi connectivity index (χ0n) is 17.2. The Morgan fingerprint density at radius 3 is 2.63 bits per heavy atom. The van der Waals surface area contributed by atoms with Crippen LogP contribution in [0.15, 0.2) is 35.3 Å². The number of aliphatic hydroxyl groups is 1. The Morgan fingerprint density at radius 2 is 2.00 bits per heavy atom. The molecule has 3 rings (SSSR count). The molecule has 1 aromatic carbocycles. The number of benzene rings is 1. The van der Waals surface area contributed by atoms with E-state index in [1.54, 1.807) is 19.1 Å². The van der Waals surface area contributed by atoms with Gasteiger partial charge in [-0.3, -0.25) is 9.36 Å². The molecule has 8 nitrogen and oxygen atoms in total. The van der Waals surface area contributed by atoms with Crippen molar-refractivity contribution in [1.82, 2.24) is 19.7 Å². The van der Waals surface area contributed by atoms with Gasteiger partial charge in [-0.25, -0.2) is 4.79 Å². The third kappa shape index (κ3) is 4.94.